The molecule has 0 radical (unpaired) electrons. The summed E-state index contributed by atoms with van der Waals surface area (Å²) >= 11 is 3.68. The molecule has 0 fully saturated rings. The lowest BCUT2D eigenvalue weighted by atomic mass is 10.0. The third-order valence-corrected chi connectivity index (χ3v) is 4.41. The minimum atomic E-state index is -0.228. The zero-order valence-electron chi connectivity index (χ0n) is 11.8. The fourth-order valence-corrected chi connectivity index (χ4v) is 3.99. The van der Waals surface area contributed by atoms with Gasteiger partial charge in [-0.3, -0.25) is 4.90 Å². The van der Waals surface area contributed by atoms with Crippen molar-refractivity contribution in [3.8, 4) is 11.3 Å². The average Bonchev–Trinajstić information content (AvgIpc) is 2.67. The van der Waals surface area contributed by atoms with E-state index in [0.29, 0.717) is 0 Å². The van der Waals surface area contributed by atoms with Gasteiger partial charge in [0.05, 0.1) is 12.1 Å². The molecule has 3 nitrogen and oxygen atoms in total. The standard InChI is InChI=1S/C15H17BrFN3/c1-15(2)9-19(3)8-12-18-13(14(16)20(12)15)10-4-6-11(17)7-5-10/h4-7H,8-9H2,1-3H3. The topological polar surface area (TPSA) is 21.1 Å². The van der Waals surface area contributed by atoms with Crippen molar-refractivity contribution < 1.29 is 4.39 Å². The van der Waals surface area contributed by atoms with Gasteiger partial charge in [-0.25, -0.2) is 9.37 Å². The average molecular weight is 338 g/mol. The Morgan fingerprint density at radius 2 is 1.90 bits per heavy atom. The maximum absolute atomic E-state index is 13.1. The molecule has 0 aliphatic carbocycles. The van der Waals surface area contributed by atoms with Gasteiger partial charge in [-0.2, -0.15) is 0 Å². The molecule has 5 heteroatoms. The van der Waals surface area contributed by atoms with Crippen LogP contribution in [0.4, 0.5) is 4.39 Å². The van der Waals surface area contributed by atoms with Crippen LogP contribution in [0.15, 0.2) is 28.9 Å². The summed E-state index contributed by atoms with van der Waals surface area (Å²) in [5, 5.41) is 0. The third-order valence-electron chi connectivity index (χ3n) is 3.68. The first-order chi connectivity index (χ1) is 9.38. The van der Waals surface area contributed by atoms with Crippen molar-refractivity contribution in [3.63, 3.8) is 0 Å². The van der Waals surface area contributed by atoms with Crippen molar-refractivity contribution in [2.75, 3.05) is 13.6 Å². The molecule has 106 valence electrons. The normalized spacial score (nSPS) is 18.1. The Kier molecular flexibility index (Phi) is 3.21. The SMILES string of the molecule is CN1Cc2nc(-c3ccc(F)cc3)c(Br)n2C(C)(C)C1. The van der Waals surface area contributed by atoms with Crippen molar-refractivity contribution in [3.05, 3.63) is 40.5 Å². The molecular weight excluding hydrogens is 321 g/mol. The molecule has 0 N–H and O–H groups in total. The molecule has 0 unspecified atom stereocenters. The molecule has 0 atom stereocenters. The zero-order valence-corrected chi connectivity index (χ0v) is 13.4. The van der Waals surface area contributed by atoms with Gasteiger partial charge in [0, 0.05) is 12.1 Å². The van der Waals surface area contributed by atoms with Crippen LogP contribution in [0.3, 0.4) is 0 Å². The molecule has 2 heterocycles. The summed E-state index contributed by atoms with van der Waals surface area (Å²) in [6, 6.07) is 6.48. The molecule has 1 aliphatic heterocycles. The van der Waals surface area contributed by atoms with Gasteiger partial charge in [-0.15, -0.1) is 0 Å². The first-order valence-corrected chi connectivity index (χ1v) is 7.40. The summed E-state index contributed by atoms with van der Waals surface area (Å²) in [7, 11) is 2.10. The van der Waals surface area contributed by atoms with Crippen LogP contribution in [-0.4, -0.2) is 28.0 Å². The smallest absolute Gasteiger partial charge is 0.125 e. The molecule has 1 aliphatic rings. The Labute approximate surface area is 126 Å². The molecule has 0 saturated carbocycles. The Hall–Kier alpha value is -1.20. The van der Waals surface area contributed by atoms with Crippen LogP contribution in [0.5, 0.6) is 0 Å². The molecule has 0 bridgehead atoms. The fourth-order valence-electron chi connectivity index (χ4n) is 2.99. The minimum absolute atomic E-state index is 0.0214. The largest absolute Gasteiger partial charge is 0.314 e. The number of benzene rings is 1. The van der Waals surface area contributed by atoms with Crippen LogP contribution >= 0.6 is 15.9 Å². The molecule has 2 aromatic rings. The summed E-state index contributed by atoms with van der Waals surface area (Å²) in [5.74, 6) is 0.809. The number of halogens is 2. The van der Waals surface area contributed by atoms with Crippen molar-refractivity contribution in [1.29, 1.82) is 0 Å². The number of hydrogen-bond acceptors (Lipinski definition) is 2. The van der Waals surface area contributed by atoms with E-state index < -0.39 is 0 Å². The molecule has 3 rings (SSSR count). The van der Waals surface area contributed by atoms with E-state index in [-0.39, 0.29) is 11.4 Å². The fraction of sp³-hybridized carbons (Fsp3) is 0.400. The molecule has 0 amide bonds. The summed E-state index contributed by atoms with van der Waals surface area (Å²) in [5.41, 5.74) is 1.79. The van der Waals surface area contributed by atoms with Crippen molar-refractivity contribution in [1.82, 2.24) is 14.5 Å². The van der Waals surface area contributed by atoms with Crippen LogP contribution in [0, 0.1) is 5.82 Å². The monoisotopic (exact) mass is 337 g/mol. The predicted octanol–water partition coefficient (Wildman–Crippen LogP) is 3.63. The van der Waals surface area contributed by atoms with E-state index in [1.54, 1.807) is 12.1 Å². The zero-order chi connectivity index (χ0) is 14.5. The number of likely N-dealkylation sites (N-methyl/N-ethyl adjacent to an activating group) is 1. The number of rotatable bonds is 1. The van der Waals surface area contributed by atoms with Gasteiger partial charge in [-0.1, -0.05) is 0 Å². The molecule has 0 spiro atoms. The van der Waals surface area contributed by atoms with Crippen LogP contribution in [0.2, 0.25) is 0 Å². The van der Waals surface area contributed by atoms with Gasteiger partial charge in [0.2, 0.25) is 0 Å². The Balaban J connectivity index is 2.14. The first kappa shape index (κ1) is 13.8. The highest BCUT2D eigenvalue weighted by Gasteiger charge is 2.33. The van der Waals surface area contributed by atoms with Gasteiger partial charge in [0.1, 0.15) is 21.9 Å². The van der Waals surface area contributed by atoms with E-state index in [0.717, 1.165) is 34.8 Å². The second kappa shape index (κ2) is 4.67. The number of nitrogens with zero attached hydrogens (tertiary/aromatic N) is 3. The summed E-state index contributed by atoms with van der Waals surface area (Å²) < 4.78 is 16.3. The van der Waals surface area contributed by atoms with Crippen molar-refractivity contribution >= 4 is 15.9 Å². The van der Waals surface area contributed by atoms with E-state index in [1.165, 1.54) is 12.1 Å². The summed E-state index contributed by atoms with van der Waals surface area (Å²) in [6.45, 7) is 6.20. The summed E-state index contributed by atoms with van der Waals surface area (Å²) in [6.07, 6.45) is 0. The number of fused-ring (bicyclic) bond motifs is 1. The molecule has 1 aromatic carbocycles. The molecular formula is C15H17BrFN3. The van der Waals surface area contributed by atoms with Gasteiger partial charge < -0.3 is 4.57 Å². The van der Waals surface area contributed by atoms with Gasteiger partial charge >= 0.3 is 0 Å². The lowest BCUT2D eigenvalue weighted by molar-refractivity contribution is 0.155. The summed E-state index contributed by atoms with van der Waals surface area (Å²) in [4.78, 5) is 7.02. The first-order valence-electron chi connectivity index (χ1n) is 6.60. The van der Waals surface area contributed by atoms with E-state index in [4.69, 9.17) is 4.98 Å². The van der Waals surface area contributed by atoms with Crippen LogP contribution < -0.4 is 0 Å². The highest BCUT2D eigenvalue weighted by atomic mass is 79.9. The molecule has 0 saturated heterocycles. The van der Waals surface area contributed by atoms with Crippen LogP contribution in [0.1, 0.15) is 19.7 Å². The number of hydrogen-bond donors (Lipinski definition) is 0. The second-order valence-electron chi connectivity index (χ2n) is 5.99. The van der Waals surface area contributed by atoms with E-state index in [1.807, 2.05) is 0 Å². The molecule has 1 aromatic heterocycles. The predicted molar refractivity (Wildman–Crippen MR) is 81.0 cm³/mol. The number of imidazole rings is 1. The molecule has 20 heavy (non-hydrogen) atoms. The van der Waals surface area contributed by atoms with E-state index in [2.05, 4.69) is 46.3 Å². The lowest BCUT2D eigenvalue weighted by Gasteiger charge is -2.38. The van der Waals surface area contributed by atoms with Crippen LogP contribution in [0.25, 0.3) is 11.3 Å². The Bertz CT molecular complexity index is 646. The maximum Gasteiger partial charge on any atom is 0.125 e. The third kappa shape index (κ3) is 2.19. The van der Waals surface area contributed by atoms with Crippen LogP contribution in [-0.2, 0) is 12.1 Å². The highest BCUT2D eigenvalue weighted by molar-refractivity contribution is 9.10. The van der Waals surface area contributed by atoms with Crippen molar-refractivity contribution in [2.24, 2.45) is 0 Å². The van der Waals surface area contributed by atoms with Gasteiger partial charge in [0.15, 0.2) is 0 Å². The maximum atomic E-state index is 13.1. The highest BCUT2D eigenvalue weighted by Crippen LogP contribution is 2.36. The Morgan fingerprint density at radius 3 is 2.55 bits per heavy atom. The quantitative estimate of drug-likeness (QED) is 0.792. The van der Waals surface area contributed by atoms with E-state index >= 15 is 0 Å². The van der Waals surface area contributed by atoms with E-state index in [9.17, 15) is 4.39 Å². The van der Waals surface area contributed by atoms with Crippen molar-refractivity contribution in [2.45, 2.75) is 25.9 Å². The Morgan fingerprint density at radius 1 is 1.25 bits per heavy atom. The second-order valence-corrected chi connectivity index (χ2v) is 6.75. The van der Waals surface area contributed by atoms with Gasteiger partial charge in [-0.05, 0) is 61.1 Å². The number of aromatic nitrogens is 2. The lowest BCUT2D eigenvalue weighted by Crippen LogP contribution is -2.45. The minimum Gasteiger partial charge on any atom is -0.314 e. The van der Waals surface area contributed by atoms with Gasteiger partial charge in [0.25, 0.3) is 0 Å².